The van der Waals surface area contributed by atoms with Crippen molar-refractivity contribution in [3.05, 3.63) is 29.8 Å². The van der Waals surface area contributed by atoms with Gasteiger partial charge in [-0.05, 0) is 17.7 Å². The molecule has 16 heavy (non-hydrogen) atoms. The SMILES string of the molecule is CC(=O)N(C)Cc1ccc(SC(C)C)cc1. The second-order valence-electron chi connectivity index (χ2n) is 4.19. The minimum Gasteiger partial charge on any atom is -0.342 e. The highest BCUT2D eigenvalue weighted by molar-refractivity contribution is 7.99. The molecule has 0 radical (unpaired) electrons. The summed E-state index contributed by atoms with van der Waals surface area (Å²) >= 11 is 1.85. The molecule has 0 unspecified atom stereocenters. The van der Waals surface area contributed by atoms with Gasteiger partial charge in [0, 0.05) is 30.7 Å². The van der Waals surface area contributed by atoms with Crippen LogP contribution in [0.5, 0.6) is 0 Å². The number of nitrogens with zero attached hydrogens (tertiary/aromatic N) is 1. The highest BCUT2D eigenvalue weighted by Crippen LogP contribution is 2.23. The fourth-order valence-electron chi connectivity index (χ4n) is 1.33. The van der Waals surface area contributed by atoms with E-state index in [-0.39, 0.29) is 5.91 Å². The average molecular weight is 237 g/mol. The van der Waals surface area contributed by atoms with Gasteiger partial charge in [-0.2, -0.15) is 0 Å². The number of thioether (sulfide) groups is 1. The molecule has 0 saturated carbocycles. The van der Waals surface area contributed by atoms with Gasteiger partial charge in [0.1, 0.15) is 0 Å². The van der Waals surface area contributed by atoms with Crippen LogP contribution in [-0.2, 0) is 11.3 Å². The molecule has 1 aromatic rings. The Morgan fingerprint density at radius 2 is 1.88 bits per heavy atom. The summed E-state index contributed by atoms with van der Waals surface area (Å²) in [5.74, 6) is 0.0978. The number of amides is 1. The molecule has 88 valence electrons. The van der Waals surface area contributed by atoms with Crippen LogP contribution in [0.2, 0.25) is 0 Å². The van der Waals surface area contributed by atoms with Crippen LogP contribution in [-0.4, -0.2) is 23.1 Å². The van der Waals surface area contributed by atoms with E-state index in [1.54, 1.807) is 11.8 Å². The van der Waals surface area contributed by atoms with Gasteiger partial charge >= 0.3 is 0 Å². The molecule has 0 N–H and O–H groups in total. The van der Waals surface area contributed by atoms with Crippen LogP contribution in [0.1, 0.15) is 26.3 Å². The van der Waals surface area contributed by atoms with E-state index in [0.717, 1.165) is 0 Å². The van der Waals surface area contributed by atoms with Gasteiger partial charge in [0.2, 0.25) is 5.91 Å². The standard InChI is InChI=1S/C13H19NOS/c1-10(2)16-13-7-5-12(6-8-13)9-14(4)11(3)15/h5-8,10H,9H2,1-4H3. The molecule has 0 saturated heterocycles. The lowest BCUT2D eigenvalue weighted by atomic mass is 10.2. The molecule has 0 spiro atoms. The molecule has 0 aromatic heterocycles. The van der Waals surface area contributed by atoms with Gasteiger partial charge < -0.3 is 4.90 Å². The normalized spacial score (nSPS) is 10.6. The van der Waals surface area contributed by atoms with E-state index in [2.05, 4.69) is 38.1 Å². The average Bonchev–Trinajstić information content (AvgIpc) is 2.20. The van der Waals surface area contributed by atoms with Crippen LogP contribution in [0.25, 0.3) is 0 Å². The lowest BCUT2D eigenvalue weighted by Gasteiger charge is -2.15. The Bertz CT molecular complexity index is 345. The topological polar surface area (TPSA) is 20.3 Å². The van der Waals surface area contributed by atoms with Gasteiger partial charge in [0.25, 0.3) is 0 Å². The van der Waals surface area contributed by atoms with Crippen molar-refractivity contribution in [2.45, 2.75) is 37.5 Å². The minimum atomic E-state index is 0.0978. The Kier molecular flexibility index (Phi) is 4.87. The largest absolute Gasteiger partial charge is 0.342 e. The van der Waals surface area contributed by atoms with E-state index in [1.807, 2.05) is 18.8 Å². The van der Waals surface area contributed by atoms with Crippen LogP contribution < -0.4 is 0 Å². The third-order valence-electron chi connectivity index (χ3n) is 2.25. The van der Waals surface area contributed by atoms with Crippen molar-refractivity contribution in [1.29, 1.82) is 0 Å². The number of carbonyl (C=O) groups excluding carboxylic acids is 1. The van der Waals surface area contributed by atoms with E-state index < -0.39 is 0 Å². The maximum absolute atomic E-state index is 11.1. The first-order chi connectivity index (χ1) is 7.49. The molecule has 0 atom stereocenters. The molecule has 1 rings (SSSR count). The Balaban J connectivity index is 2.61. The first-order valence-electron chi connectivity index (χ1n) is 5.46. The van der Waals surface area contributed by atoms with Gasteiger partial charge in [0.05, 0.1) is 0 Å². The summed E-state index contributed by atoms with van der Waals surface area (Å²) < 4.78 is 0. The van der Waals surface area contributed by atoms with Crippen LogP contribution >= 0.6 is 11.8 Å². The molecule has 0 aliphatic carbocycles. The quantitative estimate of drug-likeness (QED) is 0.750. The molecule has 0 bridgehead atoms. The summed E-state index contributed by atoms with van der Waals surface area (Å²) in [5, 5.41) is 0.603. The zero-order valence-corrected chi connectivity index (χ0v) is 11.2. The smallest absolute Gasteiger partial charge is 0.219 e. The van der Waals surface area contributed by atoms with Crippen molar-refractivity contribution in [3.63, 3.8) is 0 Å². The monoisotopic (exact) mass is 237 g/mol. The van der Waals surface area contributed by atoms with Gasteiger partial charge in [-0.25, -0.2) is 0 Å². The molecule has 0 heterocycles. The molecule has 1 aromatic carbocycles. The number of hydrogen-bond donors (Lipinski definition) is 0. The molecule has 1 amide bonds. The van der Waals surface area contributed by atoms with Crippen LogP contribution in [0.4, 0.5) is 0 Å². The molecule has 3 heteroatoms. The lowest BCUT2D eigenvalue weighted by Crippen LogP contribution is -2.22. The lowest BCUT2D eigenvalue weighted by molar-refractivity contribution is -0.128. The molecule has 0 fully saturated rings. The van der Waals surface area contributed by atoms with Crippen molar-refractivity contribution < 1.29 is 4.79 Å². The zero-order valence-electron chi connectivity index (χ0n) is 10.4. The number of benzene rings is 1. The summed E-state index contributed by atoms with van der Waals surface area (Å²) in [5.41, 5.74) is 1.17. The molecular weight excluding hydrogens is 218 g/mol. The predicted molar refractivity (Wildman–Crippen MR) is 69.6 cm³/mol. The number of rotatable bonds is 4. The summed E-state index contributed by atoms with van der Waals surface area (Å²) in [6.07, 6.45) is 0. The van der Waals surface area contributed by atoms with Gasteiger partial charge in [-0.15, -0.1) is 11.8 Å². The van der Waals surface area contributed by atoms with Crippen molar-refractivity contribution in [1.82, 2.24) is 4.90 Å². The van der Waals surface area contributed by atoms with Crippen LogP contribution in [0, 0.1) is 0 Å². The molecule has 0 aliphatic heterocycles. The highest BCUT2D eigenvalue weighted by Gasteiger charge is 2.03. The van der Waals surface area contributed by atoms with Gasteiger partial charge in [-0.3, -0.25) is 4.79 Å². The van der Waals surface area contributed by atoms with E-state index >= 15 is 0 Å². The zero-order chi connectivity index (χ0) is 12.1. The maximum atomic E-state index is 11.1. The third kappa shape index (κ3) is 4.27. The third-order valence-corrected chi connectivity index (χ3v) is 3.27. The second kappa shape index (κ2) is 5.94. The second-order valence-corrected chi connectivity index (χ2v) is 5.84. The summed E-state index contributed by atoms with van der Waals surface area (Å²) in [6.45, 7) is 6.63. The maximum Gasteiger partial charge on any atom is 0.219 e. The van der Waals surface area contributed by atoms with E-state index in [0.29, 0.717) is 11.8 Å². The Labute approximate surface area is 102 Å². The first-order valence-corrected chi connectivity index (χ1v) is 6.34. The summed E-state index contributed by atoms with van der Waals surface area (Å²) in [7, 11) is 1.82. The van der Waals surface area contributed by atoms with E-state index in [4.69, 9.17) is 0 Å². The Morgan fingerprint density at radius 3 is 2.31 bits per heavy atom. The van der Waals surface area contributed by atoms with Gasteiger partial charge in [-0.1, -0.05) is 26.0 Å². The Hall–Kier alpha value is -0.960. The van der Waals surface area contributed by atoms with Crippen molar-refractivity contribution in [2.24, 2.45) is 0 Å². The molecule has 2 nitrogen and oxygen atoms in total. The van der Waals surface area contributed by atoms with Crippen molar-refractivity contribution >= 4 is 17.7 Å². The highest BCUT2D eigenvalue weighted by atomic mass is 32.2. The van der Waals surface area contributed by atoms with Crippen molar-refractivity contribution in [2.75, 3.05) is 7.05 Å². The van der Waals surface area contributed by atoms with Crippen molar-refractivity contribution in [3.8, 4) is 0 Å². The number of carbonyl (C=O) groups is 1. The van der Waals surface area contributed by atoms with E-state index in [9.17, 15) is 4.79 Å². The van der Waals surface area contributed by atoms with Gasteiger partial charge in [0.15, 0.2) is 0 Å². The molecule has 0 aliphatic rings. The summed E-state index contributed by atoms with van der Waals surface area (Å²) in [4.78, 5) is 14.1. The fraction of sp³-hybridized carbons (Fsp3) is 0.462. The van der Waals surface area contributed by atoms with E-state index in [1.165, 1.54) is 10.5 Å². The molecular formula is C13H19NOS. The first kappa shape index (κ1) is 13.1. The predicted octanol–water partition coefficient (Wildman–Crippen LogP) is 3.17. The van der Waals surface area contributed by atoms with Crippen LogP contribution in [0.3, 0.4) is 0 Å². The fourth-order valence-corrected chi connectivity index (χ4v) is 2.17. The number of hydrogen-bond acceptors (Lipinski definition) is 2. The minimum absolute atomic E-state index is 0.0978. The van der Waals surface area contributed by atoms with Crippen LogP contribution in [0.15, 0.2) is 29.2 Å². The summed E-state index contributed by atoms with van der Waals surface area (Å²) in [6, 6.07) is 8.41. The Morgan fingerprint density at radius 1 is 1.31 bits per heavy atom.